The molecule has 2 aliphatic heterocycles. The van der Waals surface area contributed by atoms with Gasteiger partial charge >= 0.3 is 0 Å². The minimum atomic E-state index is -3.70. The molecule has 2 fully saturated rings. The molecule has 3 N–H and O–H groups in total. The number of aliphatic hydroxyl groups is 1. The number of aliphatic hydroxyl groups excluding tert-OH is 1. The van der Waals surface area contributed by atoms with Crippen LogP contribution in [0, 0.1) is 11.3 Å². The molecule has 0 saturated carbocycles. The third kappa shape index (κ3) is 7.90. The third-order valence-corrected chi connectivity index (χ3v) is 11.7. The number of nitrogens with zero attached hydrogens (tertiary/aromatic N) is 2. The number of ether oxygens (including phenoxy) is 2. The standard InChI is InChI=1S/C32H38N4O7S2/c1-34-44(38,39)30-6-3-5-29(19-30)42-23-28(37)21-35-27-20-32(43-22-27)13-16-36(17-14-32)45(40,41)31-7-2-4-26(18-31)25-10-8-24(9-11-25)12-15-33/h2-11,18-19,27-28,34-35,37H,12-14,16-17,20-23H2,1H3/t27-,28+/m1/s1. The number of hydrogen-bond donors (Lipinski definition) is 3. The summed E-state index contributed by atoms with van der Waals surface area (Å²) in [4.78, 5) is 0.325. The van der Waals surface area contributed by atoms with Gasteiger partial charge in [0.25, 0.3) is 0 Å². The van der Waals surface area contributed by atoms with Gasteiger partial charge in [0.15, 0.2) is 0 Å². The lowest BCUT2D eigenvalue weighted by Crippen LogP contribution is -2.47. The van der Waals surface area contributed by atoms with E-state index in [0.717, 1.165) is 16.7 Å². The van der Waals surface area contributed by atoms with Crippen LogP contribution in [-0.4, -0.2) is 83.9 Å². The Bertz CT molecular complexity index is 1730. The number of sulfonamides is 2. The molecule has 2 aliphatic rings. The van der Waals surface area contributed by atoms with E-state index in [1.807, 2.05) is 30.3 Å². The van der Waals surface area contributed by atoms with Gasteiger partial charge < -0.3 is 19.9 Å². The second kappa shape index (κ2) is 14.0. The van der Waals surface area contributed by atoms with Gasteiger partial charge in [-0.05, 0) is 67.3 Å². The Morgan fingerprint density at radius 1 is 1.02 bits per heavy atom. The molecule has 0 amide bonds. The van der Waals surface area contributed by atoms with Crippen LogP contribution in [0.25, 0.3) is 11.1 Å². The summed E-state index contributed by atoms with van der Waals surface area (Å²) in [6, 6.07) is 22.7. The van der Waals surface area contributed by atoms with Gasteiger partial charge in [0, 0.05) is 31.7 Å². The van der Waals surface area contributed by atoms with E-state index in [1.165, 1.54) is 23.5 Å². The monoisotopic (exact) mass is 654 g/mol. The predicted octanol–water partition coefficient (Wildman–Crippen LogP) is 2.67. The Labute approximate surface area is 264 Å². The van der Waals surface area contributed by atoms with Gasteiger partial charge in [-0.1, -0.05) is 42.5 Å². The van der Waals surface area contributed by atoms with Gasteiger partial charge in [-0.2, -0.15) is 9.57 Å². The van der Waals surface area contributed by atoms with Crippen LogP contribution in [0.2, 0.25) is 0 Å². The van der Waals surface area contributed by atoms with Crippen molar-refractivity contribution in [2.75, 3.05) is 39.9 Å². The second-order valence-corrected chi connectivity index (χ2v) is 15.2. The summed E-state index contributed by atoms with van der Waals surface area (Å²) in [5.41, 5.74) is 2.17. The summed E-state index contributed by atoms with van der Waals surface area (Å²) in [6.45, 7) is 1.40. The van der Waals surface area contributed by atoms with Crippen LogP contribution >= 0.6 is 0 Å². The highest BCUT2D eigenvalue weighted by atomic mass is 32.2. The number of nitrogens with one attached hydrogen (secondary N) is 2. The fourth-order valence-electron chi connectivity index (χ4n) is 5.75. The molecule has 0 bridgehead atoms. The molecule has 3 aromatic rings. The molecule has 1 spiro atoms. The summed E-state index contributed by atoms with van der Waals surface area (Å²) < 4.78 is 66.7. The van der Waals surface area contributed by atoms with Crippen molar-refractivity contribution in [3.8, 4) is 22.9 Å². The van der Waals surface area contributed by atoms with Gasteiger partial charge in [0.05, 0.1) is 34.5 Å². The van der Waals surface area contributed by atoms with Gasteiger partial charge in [0.2, 0.25) is 20.0 Å². The molecule has 2 saturated heterocycles. The largest absolute Gasteiger partial charge is 0.491 e. The van der Waals surface area contributed by atoms with E-state index in [4.69, 9.17) is 14.7 Å². The van der Waals surface area contributed by atoms with Crippen molar-refractivity contribution in [1.82, 2.24) is 14.3 Å². The lowest BCUT2D eigenvalue weighted by atomic mass is 9.88. The van der Waals surface area contributed by atoms with E-state index in [0.29, 0.717) is 51.1 Å². The number of piperidine rings is 1. The Kier molecular flexibility index (Phi) is 10.2. The smallest absolute Gasteiger partial charge is 0.243 e. The molecular weight excluding hydrogens is 617 g/mol. The van der Waals surface area contributed by atoms with Crippen LogP contribution in [0.3, 0.4) is 0 Å². The van der Waals surface area contributed by atoms with Crippen LogP contribution in [0.15, 0.2) is 82.6 Å². The van der Waals surface area contributed by atoms with Crippen molar-refractivity contribution in [3.05, 3.63) is 78.4 Å². The van der Waals surface area contributed by atoms with E-state index in [2.05, 4.69) is 16.1 Å². The molecule has 11 nitrogen and oxygen atoms in total. The minimum Gasteiger partial charge on any atom is -0.491 e. The fourth-order valence-corrected chi connectivity index (χ4v) is 8.01. The molecule has 240 valence electrons. The molecule has 13 heteroatoms. The number of rotatable bonds is 12. The summed E-state index contributed by atoms with van der Waals surface area (Å²) >= 11 is 0. The van der Waals surface area contributed by atoms with Crippen LogP contribution < -0.4 is 14.8 Å². The summed E-state index contributed by atoms with van der Waals surface area (Å²) in [6.07, 6.45) is 1.34. The molecule has 0 aliphatic carbocycles. The SMILES string of the molecule is CNS(=O)(=O)c1cccc(OC[C@@H](O)CN[C@H]2COC3(CCN(S(=O)(=O)c4cccc(-c5ccc(CC#N)cc5)c4)CC3)C2)c1. The normalized spacial score (nSPS) is 19.3. The van der Waals surface area contributed by atoms with Crippen molar-refractivity contribution < 1.29 is 31.4 Å². The van der Waals surface area contributed by atoms with Crippen LogP contribution in [-0.2, 0) is 31.2 Å². The maximum absolute atomic E-state index is 13.6. The molecule has 5 rings (SSSR count). The lowest BCUT2D eigenvalue weighted by Gasteiger charge is -2.38. The van der Waals surface area contributed by atoms with Crippen molar-refractivity contribution in [3.63, 3.8) is 0 Å². The first-order chi connectivity index (χ1) is 21.5. The van der Waals surface area contributed by atoms with Gasteiger partial charge in [-0.15, -0.1) is 0 Å². The van der Waals surface area contributed by atoms with E-state index >= 15 is 0 Å². The Morgan fingerprint density at radius 2 is 1.73 bits per heavy atom. The maximum atomic E-state index is 13.6. The van der Waals surface area contributed by atoms with E-state index < -0.39 is 31.8 Å². The van der Waals surface area contributed by atoms with Crippen molar-refractivity contribution in [2.45, 2.75) is 53.2 Å². The second-order valence-electron chi connectivity index (χ2n) is 11.4. The third-order valence-electron chi connectivity index (χ3n) is 8.35. The van der Waals surface area contributed by atoms with E-state index in [1.54, 1.807) is 30.3 Å². The fraction of sp³-hybridized carbons (Fsp3) is 0.406. The molecule has 2 heterocycles. The molecule has 0 aromatic heterocycles. The maximum Gasteiger partial charge on any atom is 0.243 e. The Morgan fingerprint density at radius 3 is 2.44 bits per heavy atom. The molecule has 3 aromatic carbocycles. The zero-order valence-corrected chi connectivity index (χ0v) is 26.7. The lowest BCUT2D eigenvalue weighted by molar-refractivity contribution is -0.0312. The quantitative estimate of drug-likeness (QED) is 0.267. The molecule has 2 atom stereocenters. The topological polar surface area (TPSA) is 158 Å². The highest BCUT2D eigenvalue weighted by Crippen LogP contribution is 2.37. The van der Waals surface area contributed by atoms with Gasteiger partial charge in [-0.3, -0.25) is 0 Å². The molecule has 0 unspecified atom stereocenters. The zero-order chi connectivity index (χ0) is 32.1. The first kappa shape index (κ1) is 33.0. The van der Waals surface area contributed by atoms with Crippen LogP contribution in [0.4, 0.5) is 0 Å². The average molecular weight is 655 g/mol. The number of benzene rings is 3. The summed E-state index contributed by atoms with van der Waals surface area (Å²) in [5, 5.41) is 22.7. The molecule has 45 heavy (non-hydrogen) atoms. The van der Waals surface area contributed by atoms with Crippen molar-refractivity contribution in [1.29, 1.82) is 5.26 Å². The Hall–Kier alpha value is -3.35. The van der Waals surface area contributed by atoms with Crippen molar-refractivity contribution in [2.24, 2.45) is 0 Å². The number of hydrogen-bond acceptors (Lipinski definition) is 9. The average Bonchev–Trinajstić information content (AvgIpc) is 3.45. The molecular formula is C32H38N4O7S2. The van der Waals surface area contributed by atoms with Gasteiger partial charge in [-0.25, -0.2) is 21.6 Å². The molecule has 0 radical (unpaired) electrons. The highest BCUT2D eigenvalue weighted by Gasteiger charge is 2.44. The van der Waals surface area contributed by atoms with Gasteiger partial charge in [0.1, 0.15) is 18.5 Å². The minimum absolute atomic E-state index is 0.00290. The highest BCUT2D eigenvalue weighted by molar-refractivity contribution is 7.89. The zero-order valence-electron chi connectivity index (χ0n) is 25.1. The van der Waals surface area contributed by atoms with Crippen molar-refractivity contribution >= 4 is 20.0 Å². The number of nitriles is 1. The van der Waals surface area contributed by atoms with E-state index in [9.17, 15) is 21.9 Å². The van der Waals surface area contributed by atoms with Crippen LogP contribution in [0.1, 0.15) is 24.8 Å². The predicted molar refractivity (Wildman–Crippen MR) is 168 cm³/mol. The summed E-state index contributed by atoms with van der Waals surface area (Å²) in [7, 11) is -5.96. The first-order valence-corrected chi connectivity index (χ1v) is 17.7. The summed E-state index contributed by atoms with van der Waals surface area (Å²) in [5.74, 6) is 0.340. The van der Waals surface area contributed by atoms with Crippen LogP contribution in [0.5, 0.6) is 5.75 Å². The first-order valence-electron chi connectivity index (χ1n) is 14.8. The van der Waals surface area contributed by atoms with E-state index in [-0.39, 0.29) is 29.0 Å². The Balaban J connectivity index is 1.10.